The van der Waals surface area contributed by atoms with Gasteiger partial charge in [-0.2, -0.15) is 12.6 Å². The van der Waals surface area contributed by atoms with Crippen molar-refractivity contribution in [2.24, 2.45) is 0 Å². The van der Waals surface area contributed by atoms with Crippen molar-refractivity contribution in [3.8, 4) is 0 Å². The summed E-state index contributed by atoms with van der Waals surface area (Å²) >= 11 is 0. The number of rotatable bonds is 0. The van der Waals surface area contributed by atoms with Crippen LogP contribution in [0.5, 0.6) is 0 Å². The fourth-order valence-electron chi connectivity index (χ4n) is 1.51. The van der Waals surface area contributed by atoms with Crippen molar-refractivity contribution in [1.82, 2.24) is 0 Å². The van der Waals surface area contributed by atoms with Gasteiger partial charge in [-0.25, -0.2) is 0 Å². The molecular weight excluding hydrogens is 297 g/mol. The zero-order chi connectivity index (χ0) is 9.68. The van der Waals surface area contributed by atoms with Crippen LogP contribution in [-0.2, 0) is 32.3 Å². The van der Waals surface area contributed by atoms with Crippen LogP contribution in [0.4, 0.5) is 12.6 Å². The van der Waals surface area contributed by atoms with Crippen LogP contribution in [-0.4, -0.2) is 0 Å². The first-order chi connectivity index (χ1) is 6.20. The number of hydrogen-bond donors (Lipinski definition) is 0. The molecule has 14 heavy (non-hydrogen) atoms. The maximum Gasteiger partial charge on any atom is 3.00 e. The topological polar surface area (TPSA) is 0 Å². The normalized spacial score (nSPS) is 12.6. The van der Waals surface area contributed by atoms with E-state index in [9.17, 15) is 12.6 Å². The van der Waals surface area contributed by atoms with Gasteiger partial charge in [0.25, 0.3) is 0 Å². The van der Waals surface area contributed by atoms with Crippen molar-refractivity contribution in [1.29, 1.82) is 0 Å². The average molecular weight is 307 g/mol. The summed E-state index contributed by atoms with van der Waals surface area (Å²) in [7, 11) is -4.12. The summed E-state index contributed by atoms with van der Waals surface area (Å²) in [6.45, 7) is 0. The summed E-state index contributed by atoms with van der Waals surface area (Å²) in [5.74, 6) is 0. The summed E-state index contributed by atoms with van der Waals surface area (Å²) < 4.78 is 29.2. The van der Waals surface area contributed by atoms with Crippen LogP contribution in [0.15, 0.2) is 24.3 Å². The van der Waals surface area contributed by atoms with Gasteiger partial charge < -0.3 is 0 Å². The van der Waals surface area contributed by atoms with Gasteiger partial charge in [0, 0.05) is 0 Å². The van der Waals surface area contributed by atoms with Crippen LogP contribution >= 0.6 is 8.85 Å². The van der Waals surface area contributed by atoms with Crippen LogP contribution < -0.4 is 0 Å². The molecule has 2 rings (SSSR count). The molecule has 0 N–H and O–H groups in total. The smallest absolute Gasteiger partial charge is 0.152 e. The predicted molar refractivity (Wildman–Crippen MR) is 48.7 cm³/mol. The zero-order valence-electron chi connectivity index (χ0n) is 7.37. The molecule has 0 bridgehead atoms. The van der Waals surface area contributed by atoms with Gasteiger partial charge in [0.05, 0.1) is 0 Å². The minimum absolute atomic E-state index is 0. The van der Waals surface area contributed by atoms with Gasteiger partial charge in [-0.3, -0.25) is 0 Å². The Morgan fingerprint density at radius 2 is 1.29 bits per heavy atom. The van der Waals surface area contributed by atoms with Gasteiger partial charge in [-0.1, -0.05) is 24.3 Å². The van der Waals surface area contributed by atoms with E-state index in [1.165, 1.54) is 19.3 Å². The van der Waals surface area contributed by atoms with E-state index in [1.54, 1.807) is 11.1 Å². The first kappa shape index (κ1) is 14.1. The standard InChI is InChI=1S/C9H10.F3P.Ru/c1-2-5-9-7-3-6-8(9)4-1;1-4(2)3;/h1-2,4-5H,3,6-7H2;;/q;;+3. The molecule has 0 aliphatic heterocycles. The third-order valence-corrected chi connectivity index (χ3v) is 2.01. The van der Waals surface area contributed by atoms with Crippen LogP contribution in [0.1, 0.15) is 17.5 Å². The molecule has 0 amide bonds. The van der Waals surface area contributed by atoms with Gasteiger partial charge in [0.2, 0.25) is 0 Å². The van der Waals surface area contributed by atoms with Crippen molar-refractivity contribution < 1.29 is 32.1 Å². The number of fused-ring (bicyclic) bond motifs is 1. The van der Waals surface area contributed by atoms with Crippen LogP contribution in [0, 0.1) is 0 Å². The molecule has 1 radical (unpaired) electrons. The quantitative estimate of drug-likeness (QED) is 0.495. The van der Waals surface area contributed by atoms with Gasteiger partial charge in [0.15, 0.2) is 0 Å². The zero-order valence-corrected chi connectivity index (χ0v) is 10.00. The van der Waals surface area contributed by atoms with E-state index in [-0.39, 0.29) is 19.5 Å². The van der Waals surface area contributed by atoms with E-state index in [0.29, 0.717) is 0 Å². The van der Waals surface area contributed by atoms with E-state index in [2.05, 4.69) is 24.3 Å². The van der Waals surface area contributed by atoms with Crippen molar-refractivity contribution >= 4 is 8.85 Å². The fourth-order valence-corrected chi connectivity index (χ4v) is 1.51. The SMILES string of the molecule is FP(F)F.[Ru+3].c1ccc2c(c1)CCC2. The van der Waals surface area contributed by atoms with Crippen molar-refractivity contribution in [2.75, 3.05) is 0 Å². The Morgan fingerprint density at radius 1 is 0.929 bits per heavy atom. The minimum Gasteiger partial charge on any atom is -0.152 e. The minimum atomic E-state index is -4.12. The molecule has 1 aliphatic carbocycles. The Kier molecular flexibility index (Phi) is 7.40. The van der Waals surface area contributed by atoms with Gasteiger partial charge in [0.1, 0.15) is 0 Å². The summed E-state index contributed by atoms with van der Waals surface area (Å²) in [6, 6.07) is 8.74. The Bertz CT molecular complexity index is 242. The molecule has 5 heteroatoms. The molecule has 1 aromatic rings. The molecule has 0 saturated carbocycles. The molecule has 0 fully saturated rings. The van der Waals surface area contributed by atoms with Crippen LogP contribution in [0.2, 0.25) is 0 Å². The van der Waals surface area contributed by atoms with E-state index in [1.807, 2.05) is 0 Å². The van der Waals surface area contributed by atoms with Crippen LogP contribution in [0.3, 0.4) is 0 Å². The van der Waals surface area contributed by atoms with E-state index >= 15 is 0 Å². The maximum absolute atomic E-state index is 9.73. The first-order valence-corrected chi connectivity index (χ1v) is 5.06. The van der Waals surface area contributed by atoms with Crippen molar-refractivity contribution in [2.45, 2.75) is 19.3 Å². The number of aryl methyl sites for hydroxylation is 2. The summed E-state index contributed by atoms with van der Waals surface area (Å²) in [4.78, 5) is 0. The van der Waals surface area contributed by atoms with Gasteiger partial charge >= 0.3 is 28.3 Å². The molecule has 77 valence electrons. The predicted octanol–water partition coefficient (Wildman–Crippen LogP) is 4.29. The third kappa shape index (κ3) is 5.07. The molecule has 0 unspecified atom stereocenters. The maximum atomic E-state index is 9.73. The molecule has 1 aliphatic rings. The molecule has 0 saturated heterocycles. The second-order valence-corrected chi connectivity index (χ2v) is 3.20. The Morgan fingerprint density at radius 3 is 1.64 bits per heavy atom. The van der Waals surface area contributed by atoms with Crippen molar-refractivity contribution in [3.63, 3.8) is 0 Å². The Hall–Kier alpha value is 0.0634. The molecule has 0 atom stereocenters. The summed E-state index contributed by atoms with van der Waals surface area (Å²) in [5.41, 5.74) is 3.13. The Labute approximate surface area is 95.8 Å². The largest absolute Gasteiger partial charge is 3.00 e. The third-order valence-electron chi connectivity index (χ3n) is 2.01. The summed E-state index contributed by atoms with van der Waals surface area (Å²) in [6.07, 6.45) is 3.96. The Balaban J connectivity index is 0.000000299. The van der Waals surface area contributed by atoms with Crippen molar-refractivity contribution in [3.05, 3.63) is 35.4 Å². The molecule has 0 heterocycles. The monoisotopic (exact) mass is 308 g/mol. The van der Waals surface area contributed by atoms with E-state index in [4.69, 9.17) is 0 Å². The molecule has 1 aromatic carbocycles. The number of hydrogen-bond acceptors (Lipinski definition) is 0. The van der Waals surface area contributed by atoms with Crippen LogP contribution in [0.25, 0.3) is 0 Å². The number of benzene rings is 1. The van der Waals surface area contributed by atoms with E-state index in [0.717, 1.165) is 0 Å². The first-order valence-electron chi connectivity index (χ1n) is 4.04. The van der Waals surface area contributed by atoms with E-state index < -0.39 is 8.85 Å². The summed E-state index contributed by atoms with van der Waals surface area (Å²) in [5, 5.41) is 0. The molecule has 0 aromatic heterocycles. The van der Waals surface area contributed by atoms with Gasteiger partial charge in [-0.15, -0.1) is 0 Å². The molecular formula is C9H10F3PRu+3. The molecule has 0 nitrogen and oxygen atoms in total. The second kappa shape index (κ2) is 7.37. The van der Waals surface area contributed by atoms with Gasteiger partial charge in [-0.05, 0) is 30.4 Å². The number of halogens is 3. The average Bonchev–Trinajstić information content (AvgIpc) is 2.49. The molecule has 0 spiro atoms. The second-order valence-electron chi connectivity index (χ2n) is 2.81. The fraction of sp³-hybridized carbons (Fsp3) is 0.333.